The molecule has 90 valence electrons. The number of hydrogen-bond acceptors (Lipinski definition) is 4. The van der Waals surface area contributed by atoms with E-state index in [4.69, 9.17) is 4.74 Å². The summed E-state index contributed by atoms with van der Waals surface area (Å²) in [5, 5.41) is 0. The Kier molecular flexibility index (Phi) is 5.51. The van der Waals surface area contributed by atoms with Gasteiger partial charge in [-0.15, -0.1) is 0 Å². The molecule has 0 saturated heterocycles. The third-order valence-corrected chi connectivity index (χ3v) is 3.56. The van der Waals surface area contributed by atoms with Gasteiger partial charge in [-0.3, -0.25) is 4.57 Å². The van der Waals surface area contributed by atoms with E-state index in [9.17, 15) is 4.79 Å². The molecule has 0 bridgehead atoms. The van der Waals surface area contributed by atoms with Crippen LogP contribution in [-0.2, 0) is 11.3 Å². The molecule has 0 amide bonds. The summed E-state index contributed by atoms with van der Waals surface area (Å²) in [7, 11) is 0. The minimum Gasteiger partial charge on any atom is -0.379 e. The van der Waals surface area contributed by atoms with Crippen LogP contribution in [0.25, 0.3) is 0 Å². The second-order valence-corrected chi connectivity index (χ2v) is 4.61. The average Bonchev–Trinajstić information content (AvgIpc) is 2.25. The zero-order valence-corrected chi connectivity index (χ0v) is 11.8. The Morgan fingerprint density at radius 2 is 2.12 bits per heavy atom. The van der Waals surface area contributed by atoms with E-state index in [2.05, 4.69) is 33.5 Å². The monoisotopic (exact) mass is 306 g/mol. The van der Waals surface area contributed by atoms with Crippen LogP contribution in [0.4, 0.5) is 0 Å². The Morgan fingerprint density at radius 3 is 2.75 bits per heavy atom. The molecule has 0 aliphatic heterocycles. The molecule has 0 spiro atoms. The third-order valence-electron chi connectivity index (χ3n) is 2.23. The number of rotatable bonds is 5. The van der Waals surface area contributed by atoms with Crippen molar-refractivity contribution in [2.75, 3.05) is 19.0 Å². The van der Waals surface area contributed by atoms with Gasteiger partial charge in [0.05, 0.1) is 29.9 Å². The van der Waals surface area contributed by atoms with Crippen LogP contribution in [0.15, 0.2) is 9.27 Å². The Hall–Kier alpha value is -0.330. The lowest BCUT2D eigenvalue weighted by Crippen LogP contribution is -2.28. The summed E-state index contributed by atoms with van der Waals surface area (Å²) in [6.45, 7) is 5.30. The fraction of sp³-hybridized carbons (Fsp3) is 0.600. The van der Waals surface area contributed by atoms with Gasteiger partial charge in [-0.2, -0.15) is 17.6 Å². The van der Waals surface area contributed by atoms with Gasteiger partial charge in [-0.05, 0) is 29.8 Å². The summed E-state index contributed by atoms with van der Waals surface area (Å²) in [5.74, 6) is 0.684. The number of halogens is 1. The predicted octanol–water partition coefficient (Wildman–Crippen LogP) is 1.57. The van der Waals surface area contributed by atoms with E-state index in [1.165, 1.54) is 0 Å². The van der Waals surface area contributed by atoms with Crippen molar-refractivity contribution in [3.63, 3.8) is 0 Å². The maximum atomic E-state index is 11.6. The van der Waals surface area contributed by atoms with Crippen molar-refractivity contribution in [3.8, 4) is 0 Å². The largest absolute Gasteiger partial charge is 0.379 e. The van der Waals surface area contributed by atoms with E-state index in [-0.39, 0.29) is 5.69 Å². The van der Waals surface area contributed by atoms with E-state index in [1.54, 1.807) is 11.5 Å². The first-order chi connectivity index (χ1) is 7.57. The SMILES string of the molecule is Cc1nc(=O)n(CCOCCS)c(C)c1Br. The lowest BCUT2D eigenvalue weighted by Gasteiger charge is -2.11. The molecule has 0 N–H and O–H groups in total. The summed E-state index contributed by atoms with van der Waals surface area (Å²) in [6.07, 6.45) is 0. The summed E-state index contributed by atoms with van der Waals surface area (Å²) >= 11 is 7.45. The highest BCUT2D eigenvalue weighted by atomic mass is 79.9. The standard InChI is InChI=1S/C10H15BrN2O2S/c1-7-9(11)8(2)13(10(14)12-7)3-4-15-5-6-16/h16H,3-6H2,1-2H3. The molecule has 16 heavy (non-hydrogen) atoms. The number of hydrogen-bond donors (Lipinski definition) is 1. The smallest absolute Gasteiger partial charge is 0.348 e. The lowest BCUT2D eigenvalue weighted by atomic mass is 10.3. The molecule has 1 aromatic heterocycles. The first kappa shape index (κ1) is 13.7. The third kappa shape index (κ3) is 3.33. The van der Waals surface area contributed by atoms with Crippen LogP contribution in [-0.4, -0.2) is 28.5 Å². The van der Waals surface area contributed by atoms with Crippen LogP contribution in [0.1, 0.15) is 11.4 Å². The Balaban J connectivity index is 2.80. The topological polar surface area (TPSA) is 44.1 Å². The molecule has 1 aromatic rings. The first-order valence-electron chi connectivity index (χ1n) is 5.00. The van der Waals surface area contributed by atoms with Crippen molar-refractivity contribution in [2.45, 2.75) is 20.4 Å². The van der Waals surface area contributed by atoms with Crippen molar-refractivity contribution in [3.05, 3.63) is 26.3 Å². The first-order valence-corrected chi connectivity index (χ1v) is 6.42. The molecule has 0 fully saturated rings. The summed E-state index contributed by atoms with van der Waals surface area (Å²) < 4.78 is 7.77. The van der Waals surface area contributed by atoms with Crippen LogP contribution < -0.4 is 5.69 Å². The number of aromatic nitrogens is 2. The van der Waals surface area contributed by atoms with Crippen LogP contribution in [0, 0.1) is 13.8 Å². The van der Waals surface area contributed by atoms with E-state index in [0.29, 0.717) is 25.5 Å². The van der Waals surface area contributed by atoms with Crippen LogP contribution in [0.2, 0.25) is 0 Å². The molecule has 0 radical (unpaired) electrons. The fourth-order valence-electron chi connectivity index (χ4n) is 1.36. The zero-order chi connectivity index (χ0) is 12.1. The number of aryl methyl sites for hydroxylation is 1. The Morgan fingerprint density at radius 1 is 1.44 bits per heavy atom. The maximum Gasteiger partial charge on any atom is 0.348 e. The predicted molar refractivity (Wildman–Crippen MR) is 70.3 cm³/mol. The second kappa shape index (κ2) is 6.42. The van der Waals surface area contributed by atoms with Gasteiger partial charge in [0.15, 0.2) is 0 Å². The van der Waals surface area contributed by atoms with Crippen LogP contribution in [0.5, 0.6) is 0 Å². The molecule has 1 rings (SSSR count). The quantitative estimate of drug-likeness (QED) is 0.663. The Labute approximate surface area is 109 Å². The molecule has 0 aromatic carbocycles. The van der Waals surface area contributed by atoms with Gasteiger partial charge in [0.1, 0.15) is 0 Å². The molecule has 6 heteroatoms. The van der Waals surface area contributed by atoms with Gasteiger partial charge in [0, 0.05) is 11.4 Å². The lowest BCUT2D eigenvalue weighted by molar-refractivity contribution is 0.140. The van der Waals surface area contributed by atoms with E-state index >= 15 is 0 Å². The molecule has 0 saturated carbocycles. The number of ether oxygens (including phenoxy) is 1. The highest BCUT2D eigenvalue weighted by Gasteiger charge is 2.08. The fourth-order valence-corrected chi connectivity index (χ4v) is 1.79. The maximum absolute atomic E-state index is 11.6. The van der Waals surface area contributed by atoms with Gasteiger partial charge in [-0.25, -0.2) is 4.79 Å². The van der Waals surface area contributed by atoms with Gasteiger partial charge in [-0.1, -0.05) is 0 Å². The van der Waals surface area contributed by atoms with Gasteiger partial charge < -0.3 is 4.74 Å². The normalized spacial score (nSPS) is 10.8. The van der Waals surface area contributed by atoms with Crippen molar-refractivity contribution in [1.29, 1.82) is 0 Å². The second-order valence-electron chi connectivity index (χ2n) is 3.37. The molecule has 1 heterocycles. The zero-order valence-electron chi connectivity index (χ0n) is 9.36. The minimum absolute atomic E-state index is 0.229. The van der Waals surface area contributed by atoms with E-state index < -0.39 is 0 Å². The van der Waals surface area contributed by atoms with Crippen LogP contribution >= 0.6 is 28.6 Å². The Bertz CT molecular complexity index is 420. The number of nitrogens with zero attached hydrogens (tertiary/aromatic N) is 2. The number of thiol groups is 1. The van der Waals surface area contributed by atoms with Gasteiger partial charge >= 0.3 is 5.69 Å². The molecule has 0 unspecified atom stereocenters. The highest BCUT2D eigenvalue weighted by Crippen LogP contribution is 2.16. The van der Waals surface area contributed by atoms with Crippen molar-refractivity contribution in [2.24, 2.45) is 0 Å². The van der Waals surface area contributed by atoms with E-state index in [0.717, 1.165) is 15.9 Å². The molecular formula is C10H15BrN2O2S. The van der Waals surface area contributed by atoms with Crippen molar-refractivity contribution < 1.29 is 4.74 Å². The van der Waals surface area contributed by atoms with E-state index in [1.807, 2.05) is 6.92 Å². The van der Waals surface area contributed by atoms with Crippen LogP contribution in [0.3, 0.4) is 0 Å². The van der Waals surface area contributed by atoms with Crippen molar-refractivity contribution in [1.82, 2.24) is 9.55 Å². The summed E-state index contributed by atoms with van der Waals surface area (Å²) in [4.78, 5) is 15.6. The van der Waals surface area contributed by atoms with Crippen molar-refractivity contribution >= 4 is 28.6 Å². The molecule has 0 aliphatic rings. The molecule has 0 aliphatic carbocycles. The molecule has 0 atom stereocenters. The van der Waals surface area contributed by atoms with Gasteiger partial charge in [0.25, 0.3) is 0 Å². The average molecular weight is 307 g/mol. The molecule has 4 nitrogen and oxygen atoms in total. The summed E-state index contributed by atoms with van der Waals surface area (Å²) in [5.41, 5.74) is 1.37. The summed E-state index contributed by atoms with van der Waals surface area (Å²) in [6, 6.07) is 0. The highest BCUT2D eigenvalue weighted by molar-refractivity contribution is 9.10. The molecular weight excluding hydrogens is 292 g/mol. The minimum atomic E-state index is -0.229. The van der Waals surface area contributed by atoms with Gasteiger partial charge in [0.2, 0.25) is 0 Å².